The number of carbonyl (C=O) groups is 2. The number of aryl methyl sites for hydroxylation is 1. The van der Waals surface area contributed by atoms with Crippen LogP contribution in [0.15, 0.2) is 110 Å². The van der Waals surface area contributed by atoms with Crippen molar-refractivity contribution in [1.29, 1.82) is 0 Å². The van der Waals surface area contributed by atoms with Crippen molar-refractivity contribution >= 4 is 28.9 Å². The fourth-order valence-electron chi connectivity index (χ4n) is 5.27. The number of amides is 2. The zero-order chi connectivity index (χ0) is 28.2. The van der Waals surface area contributed by atoms with E-state index in [1.165, 1.54) is 0 Å². The van der Waals surface area contributed by atoms with Gasteiger partial charge in [-0.25, -0.2) is 4.98 Å². The number of carbonyl (C=O) groups excluding carboxylic acids is 2. The van der Waals surface area contributed by atoms with Crippen LogP contribution in [0.4, 0.5) is 17.1 Å². The van der Waals surface area contributed by atoms with Crippen molar-refractivity contribution in [2.24, 2.45) is 0 Å². The molecule has 0 spiro atoms. The van der Waals surface area contributed by atoms with Crippen molar-refractivity contribution in [2.75, 3.05) is 28.2 Å². The molecule has 0 atom stereocenters. The van der Waals surface area contributed by atoms with Gasteiger partial charge in [-0.15, -0.1) is 0 Å². The highest BCUT2D eigenvalue weighted by Crippen LogP contribution is 2.34. The van der Waals surface area contributed by atoms with Gasteiger partial charge < -0.3 is 19.7 Å². The van der Waals surface area contributed by atoms with E-state index in [9.17, 15) is 9.59 Å². The maximum Gasteiger partial charge on any atom is 0.258 e. The lowest BCUT2D eigenvalue weighted by atomic mass is 10.1. The number of hydrogen-bond acceptors (Lipinski definition) is 5. The molecule has 1 N–H and O–H groups in total. The first kappa shape index (κ1) is 26.0. The van der Waals surface area contributed by atoms with Crippen molar-refractivity contribution in [3.05, 3.63) is 132 Å². The minimum atomic E-state index is -0.233. The standard InChI is InChI=1S/C33H30N6O2/c1-24-35-18-21-38(24)29-10-3-2-9-28(29)32(40)36-27-15-13-26(14-16-27)33(41)39-20-7-19-37(23-25-8-6-17-34-22-25)30-11-4-5-12-31(30)39/h2-6,8-18,21-22H,7,19-20,23H2,1H3,(H,36,40). The largest absolute Gasteiger partial charge is 0.365 e. The van der Waals surface area contributed by atoms with Crippen LogP contribution in [0.2, 0.25) is 0 Å². The van der Waals surface area contributed by atoms with Crippen molar-refractivity contribution in [3.8, 4) is 5.69 Å². The highest BCUT2D eigenvalue weighted by molar-refractivity contribution is 6.09. The molecule has 1 aliphatic rings. The van der Waals surface area contributed by atoms with Crippen molar-refractivity contribution in [2.45, 2.75) is 19.9 Å². The molecule has 3 aromatic carbocycles. The second-order valence-electron chi connectivity index (χ2n) is 9.97. The van der Waals surface area contributed by atoms with Gasteiger partial charge in [-0.1, -0.05) is 30.3 Å². The summed E-state index contributed by atoms with van der Waals surface area (Å²) in [6.45, 7) is 4.07. The van der Waals surface area contributed by atoms with Crippen molar-refractivity contribution in [1.82, 2.24) is 14.5 Å². The lowest BCUT2D eigenvalue weighted by molar-refractivity contribution is 0.0986. The van der Waals surface area contributed by atoms with Crippen LogP contribution >= 0.6 is 0 Å². The second-order valence-corrected chi connectivity index (χ2v) is 9.97. The Kier molecular flexibility index (Phi) is 7.28. The lowest BCUT2D eigenvalue weighted by Gasteiger charge is -2.27. The van der Waals surface area contributed by atoms with E-state index in [1.807, 2.05) is 71.2 Å². The summed E-state index contributed by atoms with van der Waals surface area (Å²) in [5, 5.41) is 2.97. The Morgan fingerprint density at radius 2 is 1.59 bits per heavy atom. The van der Waals surface area contributed by atoms with E-state index in [0.717, 1.165) is 48.0 Å². The van der Waals surface area contributed by atoms with E-state index in [4.69, 9.17) is 0 Å². The maximum absolute atomic E-state index is 13.7. The minimum absolute atomic E-state index is 0.0699. The van der Waals surface area contributed by atoms with Gasteiger partial charge in [0.05, 0.1) is 22.6 Å². The van der Waals surface area contributed by atoms with E-state index in [-0.39, 0.29) is 11.8 Å². The molecule has 0 bridgehead atoms. The van der Waals surface area contributed by atoms with E-state index >= 15 is 0 Å². The molecular weight excluding hydrogens is 512 g/mol. The van der Waals surface area contributed by atoms with Crippen molar-refractivity contribution < 1.29 is 9.59 Å². The molecule has 0 unspecified atom stereocenters. The number of imidazole rings is 1. The fraction of sp³-hybridized carbons (Fsp3) is 0.152. The number of para-hydroxylation sites is 3. The quantitative estimate of drug-likeness (QED) is 0.290. The van der Waals surface area contributed by atoms with E-state index in [2.05, 4.69) is 32.3 Å². The average molecular weight is 543 g/mol. The molecule has 6 rings (SSSR count). The maximum atomic E-state index is 13.7. The molecule has 3 heterocycles. The number of rotatable bonds is 6. The molecule has 1 aliphatic heterocycles. The predicted octanol–water partition coefficient (Wildman–Crippen LogP) is 5.89. The van der Waals surface area contributed by atoms with Crippen molar-refractivity contribution in [3.63, 3.8) is 0 Å². The Morgan fingerprint density at radius 3 is 2.32 bits per heavy atom. The third-order valence-electron chi connectivity index (χ3n) is 7.29. The molecule has 8 nitrogen and oxygen atoms in total. The number of benzene rings is 3. The minimum Gasteiger partial charge on any atom is -0.365 e. The Hall–Kier alpha value is -5.24. The van der Waals surface area contributed by atoms with Crippen LogP contribution in [0.3, 0.4) is 0 Å². The molecule has 5 aromatic rings. The zero-order valence-electron chi connectivity index (χ0n) is 22.8. The molecule has 0 fully saturated rings. The molecule has 0 radical (unpaired) electrons. The summed E-state index contributed by atoms with van der Waals surface area (Å²) in [6.07, 6.45) is 8.04. The van der Waals surface area contributed by atoms with Gasteiger partial charge in [-0.05, 0) is 73.5 Å². The Bertz CT molecular complexity index is 1680. The van der Waals surface area contributed by atoms with Crippen LogP contribution in [0.25, 0.3) is 5.69 Å². The van der Waals surface area contributed by atoms with E-state index in [1.54, 1.807) is 42.7 Å². The Labute approximate surface area is 238 Å². The van der Waals surface area contributed by atoms with Crippen LogP contribution < -0.4 is 15.1 Å². The van der Waals surface area contributed by atoms with Gasteiger partial charge in [0.25, 0.3) is 11.8 Å². The summed E-state index contributed by atoms with van der Waals surface area (Å²) in [4.78, 5) is 39.7. The predicted molar refractivity (Wildman–Crippen MR) is 161 cm³/mol. The number of nitrogens with zero attached hydrogens (tertiary/aromatic N) is 5. The molecule has 0 saturated heterocycles. The number of pyridine rings is 1. The Morgan fingerprint density at radius 1 is 0.829 bits per heavy atom. The lowest BCUT2D eigenvalue weighted by Crippen LogP contribution is -2.31. The monoisotopic (exact) mass is 542 g/mol. The van der Waals surface area contributed by atoms with Crippen LogP contribution in [0.5, 0.6) is 0 Å². The molecule has 41 heavy (non-hydrogen) atoms. The van der Waals surface area contributed by atoms with E-state index < -0.39 is 0 Å². The summed E-state index contributed by atoms with van der Waals surface area (Å²) in [5.41, 5.74) is 5.51. The number of hydrogen-bond donors (Lipinski definition) is 1. The summed E-state index contributed by atoms with van der Waals surface area (Å²) >= 11 is 0. The molecular formula is C33H30N6O2. The number of nitrogens with one attached hydrogen (secondary N) is 1. The fourth-order valence-corrected chi connectivity index (χ4v) is 5.27. The zero-order valence-corrected chi connectivity index (χ0v) is 22.8. The third kappa shape index (κ3) is 5.45. The van der Waals surface area contributed by atoms with Gasteiger partial charge in [0.15, 0.2) is 0 Å². The van der Waals surface area contributed by atoms with Crippen LogP contribution in [0.1, 0.15) is 38.5 Å². The summed E-state index contributed by atoms with van der Waals surface area (Å²) in [7, 11) is 0. The first-order valence-corrected chi connectivity index (χ1v) is 13.6. The normalized spacial score (nSPS) is 12.9. The summed E-state index contributed by atoms with van der Waals surface area (Å²) < 4.78 is 1.88. The first-order valence-electron chi connectivity index (χ1n) is 13.6. The number of fused-ring (bicyclic) bond motifs is 1. The van der Waals surface area contributed by atoms with Crippen LogP contribution in [-0.4, -0.2) is 39.4 Å². The first-order chi connectivity index (χ1) is 20.1. The molecule has 2 amide bonds. The van der Waals surface area contributed by atoms with Gasteiger partial charge >= 0.3 is 0 Å². The molecule has 0 aliphatic carbocycles. The van der Waals surface area contributed by atoms with Crippen LogP contribution in [0, 0.1) is 6.92 Å². The molecule has 0 saturated carbocycles. The number of aromatic nitrogens is 3. The Balaban J connectivity index is 1.20. The van der Waals surface area contributed by atoms with Gasteiger partial charge in [0.1, 0.15) is 5.82 Å². The molecule has 2 aromatic heterocycles. The van der Waals surface area contributed by atoms with Gasteiger partial charge in [0, 0.05) is 55.7 Å². The summed E-state index contributed by atoms with van der Waals surface area (Å²) in [6, 6.07) is 26.6. The van der Waals surface area contributed by atoms with Gasteiger partial charge in [0.2, 0.25) is 0 Å². The number of anilines is 3. The molecule has 8 heteroatoms. The SMILES string of the molecule is Cc1nccn1-c1ccccc1C(=O)Nc1ccc(C(=O)N2CCCN(Cc3cccnc3)c3ccccc32)cc1. The van der Waals surface area contributed by atoms with E-state index in [0.29, 0.717) is 23.4 Å². The highest BCUT2D eigenvalue weighted by Gasteiger charge is 2.25. The van der Waals surface area contributed by atoms with Gasteiger partial charge in [-0.2, -0.15) is 0 Å². The third-order valence-corrected chi connectivity index (χ3v) is 7.29. The van der Waals surface area contributed by atoms with Gasteiger partial charge in [-0.3, -0.25) is 14.6 Å². The topological polar surface area (TPSA) is 83.4 Å². The summed E-state index contributed by atoms with van der Waals surface area (Å²) in [5.74, 6) is 0.491. The molecule has 204 valence electrons. The second kappa shape index (κ2) is 11.5. The smallest absolute Gasteiger partial charge is 0.258 e. The highest BCUT2D eigenvalue weighted by atomic mass is 16.2. The average Bonchev–Trinajstić information content (AvgIpc) is 3.36. The van der Waals surface area contributed by atoms with Crippen LogP contribution in [-0.2, 0) is 6.54 Å².